The van der Waals surface area contributed by atoms with Gasteiger partial charge in [0.1, 0.15) is 12.7 Å². The van der Waals surface area contributed by atoms with Crippen LogP contribution in [-0.2, 0) is 19.1 Å². The Labute approximate surface area is 142 Å². The van der Waals surface area contributed by atoms with Crippen LogP contribution in [0.15, 0.2) is 23.3 Å². The number of hydrogen-bond acceptors (Lipinski definition) is 6. The zero-order chi connectivity index (χ0) is 17.5. The van der Waals surface area contributed by atoms with E-state index in [4.69, 9.17) is 9.47 Å². The van der Waals surface area contributed by atoms with Crippen LogP contribution in [0.5, 0.6) is 0 Å². The SMILES string of the molecule is C/C=C1\C[C@@H](C)[C@@](C)(O)C(=O)OCC2=CCN3CC[C@@H](OC1=O)[C@H]23. The molecular formula is C18H25NO5. The van der Waals surface area contributed by atoms with E-state index in [0.29, 0.717) is 5.57 Å². The van der Waals surface area contributed by atoms with Gasteiger partial charge in [-0.25, -0.2) is 9.59 Å². The van der Waals surface area contributed by atoms with Crippen LogP contribution in [0.3, 0.4) is 0 Å². The summed E-state index contributed by atoms with van der Waals surface area (Å²) in [5, 5.41) is 10.6. The van der Waals surface area contributed by atoms with Crippen LogP contribution in [0.25, 0.3) is 0 Å². The number of cyclic esters (lactones) is 1. The first-order valence-corrected chi connectivity index (χ1v) is 8.53. The smallest absolute Gasteiger partial charge is 0.338 e. The molecule has 3 aliphatic heterocycles. The lowest BCUT2D eigenvalue weighted by atomic mass is 9.85. The van der Waals surface area contributed by atoms with Gasteiger partial charge in [0.15, 0.2) is 5.60 Å². The van der Waals surface area contributed by atoms with Gasteiger partial charge in [-0.15, -0.1) is 0 Å². The van der Waals surface area contributed by atoms with Crippen LogP contribution in [0.1, 0.15) is 33.6 Å². The molecule has 0 aromatic heterocycles. The average Bonchev–Trinajstić information content (AvgIpc) is 3.12. The van der Waals surface area contributed by atoms with Crippen molar-refractivity contribution in [3.8, 4) is 0 Å². The van der Waals surface area contributed by atoms with Gasteiger partial charge in [0.05, 0.1) is 6.04 Å². The molecule has 3 aliphatic rings. The standard InChI is InChI=1S/C18H25NO5/c1-4-12-9-11(2)18(3,22)17(21)23-10-13-5-7-19-8-6-14(15(13)19)24-16(12)20/h4-5,11,14-15,22H,6-10H2,1-3H3/b12-4+/t11-,14-,15+,18-/m1/s1. The highest BCUT2D eigenvalue weighted by Gasteiger charge is 2.45. The van der Waals surface area contributed by atoms with E-state index in [0.717, 1.165) is 25.1 Å². The molecule has 1 N–H and O–H groups in total. The van der Waals surface area contributed by atoms with Crippen LogP contribution in [0.2, 0.25) is 0 Å². The Morgan fingerprint density at radius 3 is 2.88 bits per heavy atom. The molecule has 0 amide bonds. The van der Waals surface area contributed by atoms with Crippen LogP contribution in [0.4, 0.5) is 0 Å². The summed E-state index contributed by atoms with van der Waals surface area (Å²) in [5.74, 6) is -1.46. The lowest BCUT2D eigenvalue weighted by Gasteiger charge is -2.31. The van der Waals surface area contributed by atoms with Gasteiger partial charge in [-0.1, -0.05) is 19.1 Å². The van der Waals surface area contributed by atoms with Gasteiger partial charge in [0, 0.05) is 18.7 Å². The van der Waals surface area contributed by atoms with Crippen LogP contribution in [0, 0.1) is 5.92 Å². The predicted molar refractivity (Wildman–Crippen MR) is 87.1 cm³/mol. The molecule has 24 heavy (non-hydrogen) atoms. The maximum Gasteiger partial charge on any atom is 0.338 e. The summed E-state index contributed by atoms with van der Waals surface area (Å²) in [7, 11) is 0. The van der Waals surface area contributed by atoms with Crippen molar-refractivity contribution in [3.63, 3.8) is 0 Å². The Hall–Kier alpha value is -1.66. The molecule has 4 atom stereocenters. The molecule has 0 spiro atoms. The maximum absolute atomic E-state index is 12.5. The van der Waals surface area contributed by atoms with Crippen molar-refractivity contribution in [2.45, 2.75) is 51.4 Å². The highest BCUT2D eigenvalue weighted by molar-refractivity contribution is 5.89. The van der Waals surface area contributed by atoms with E-state index < -0.39 is 17.5 Å². The minimum Gasteiger partial charge on any atom is -0.459 e. The third-order valence-electron chi connectivity index (χ3n) is 5.55. The van der Waals surface area contributed by atoms with E-state index in [1.165, 1.54) is 6.92 Å². The fourth-order valence-electron chi connectivity index (χ4n) is 3.68. The van der Waals surface area contributed by atoms with Gasteiger partial charge in [-0.2, -0.15) is 0 Å². The first-order chi connectivity index (χ1) is 11.3. The van der Waals surface area contributed by atoms with E-state index in [-0.39, 0.29) is 31.1 Å². The molecule has 132 valence electrons. The molecule has 0 aromatic carbocycles. The fraction of sp³-hybridized carbons (Fsp3) is 0.667. The first-order valence-electron chi connectivity index (χ1n) is 8.53. The van der Waals surface area contributed by atoms with Crippen molar-refractivity contribution < 1.29 is 24.2 Å². The first kappa shape index (κ1) is 17.2. The Balaban J connectivity index is 1.91. The molecule has 3 rings (SSSR count). The molecule has 6 nitrogen and oxygen atoms in total. The quantitative estimate of drug-likeness (QED) is 0.407. The topological polar surface area (TPSA) is 76.1 Å². The molecule has 0 radical (unpaired) electrons. The highest BCUT2D eigenvalue weighted by Crippen LogP contribution is 2.34. The molecule has 2 fully saturated rings. The predicted octanol–water partition coefficient (Wildman–Crippen LogP) is 1.19. The summed E-state index contributed by atoms with van der Waals surface area (Å²) in [6.07, 6.45) is 4.56. The minimum atomic E-state index is -1.65. The lowest BCUT2D eigenvalue weighted by Crippen LogP contribution is -2.45. The molecule has 0 saturated carbocycles. The number of esters is 2. The molecule has 2 saturated heterocycles. The van der Waals surface area contributed by atoms with E-state index in [1.54, 1.807) is 19.9 Å². The number of rotatable bonds is 0. The average molecular weight is 335 g/mol. The van der Waals surface area contributed by atoms with Gasteiger partial charge in [0.2, 0.25) is 0 Å². The van der Waals surface area contributed by atoms with Crippen molar-refractivity contribution in [3.05, 3.63) is 23.3 Å². The monoisotopic (exact) mass is 335 g/mol. The third kappa shape index (κ3) is 2.89. The normalized spacial score (nSPS) is 39.6. The van der Waals surface area contributed by atoms with E-state index in [9.17, 15) is 14.7 Å². The number of carbonyl (C=O) groups is 2. The molecule has 0 aliphatic carbocycles. The Bertz CT molecular complexity index is 607. The summed E-state index contributed by atoms with van der Waals surface area (Å²) in [5.41, 5.74) is -0.218. The Morgan fingerprint density at radius 1 is 1.42 bits per heavy atom. The number of aliphatic hydroxyl groups is 1. The van der Waals surface area contributed by atoms with Crippen molar-refractivity contribution >= 4 is 11.9 Å². The second-order valence-corrected chi connectivity index (χ2v) is 7.09. The van der Waals surface area contributed by atoms with Gasteiger partial charge < -0.3 is 14.6 Å². The van der Waals surface area contributed by atoms with Crippen molar-refractivity contribution in [1.29, 1.82) is 0 Å². The highest BCUT2D eigenvalue weighted by atomic mass is 16.6. The summed E-state index contributed by atoms with van der Waals surface area (Å²) in [4.78, 5) is 27.1. The van der Waals surface area contributed by atoms with Crippen LogP contribution < -0.4 is 0 Å². The molecule has 0 aromatic rings. The summed E-state index contributed by atoms with van der Waals surface area (Å²) in [6.45, 7) is 6.71. The van der Waals surface area contributed by atoms with E-state index in [1.807, 2.05) is 6.08 Å². The number of allylic oxidation sites excluding steroid dienone is 1. The van der Waals surface area contributed by atoms with Gasteiger partial charge in [-0.3, -0.25) is 4.90 Å². The van der Waals surface area contributed by atoms with E-state index in [2.05, 4.69) is 4.90 Å². The Kier molecular flexibility index (Phi) is 4.53. The zero-order valence-electron chi connectivity index (χ0n) is 14.4. The van der Waals surface area contributed by atoms with Gasteiger partial charge in [0.25, 0.3) is 0 Å². The number of hydrogen-bond donors (Lipinski definition) is 1. The minimum absolute atomic E-state index is 0.0262. The largest absolute Gasteiger partial charge is 0.459 e. The van der Waals surface area contributed by atoms with Crippen molar-refractivity contribution in [2.24, 2.45) is 5.92 Å². The lowest BCUT2D eigenvalue weighted by molar-refractivity contribution is -0.169. The molecular weight excluding hydrogens is 310 g/mol. The second-order valence-electron chi connectivity index (χ2n) is 7.09. The van der Waals surface area contributed by atoms with Crippen LogP contribution >= 0.6 is 0 Å². The zero-order valence-corrected chi connectivity index (χ0v) is 14.4. The summed E-state index contributed by atoms with van der Waals surface area (Å²) in [6, 6.07) is -0.0262. The molecule has 0 bridgehead atoms. The number of ether oxygens (including phenoxy) is 2. The van der Waals surface area contributed by atoms with Crippen molar-refractivity contribution in [1.82, 2.24) is 4.90 Å². The third-order valence-corrected chi connectivity index (χ3v) is 5.55. The fourth-order valence-corrected chi connectivity index (χ4v) is 3.68. The van der Waals surface area contributed by atoms with Gasteiger partial charge >= 0.3 is 11.9 Å². The van der Waals surface area contributed by atoms with Crippen molar-refractivity contribution in [2.75, 3.05) is 19.7 Å². The van der Waals surface area contributed by atoms with Crippen LogP contribution in [-0.4, -0.2) is 59.4 Å². The molecule has 6 heteroatoms. The molecule has 0 unspecified atom stereocenters. The molecule has 3 heterocycles. The number of nitrogens with zero attached hydrogens (tertiary/aromatic N) is 1. The Morgan fingerprint density at radius 2 is 2.17 bits per heavy atom. The summed E-state index contributed by atoms with van der Waals surface area (Å²) < 4.78 is 11.2. The second kappa shape index (κ2) is 6.33. The summed E-state index contributed by atoms with van der Waals surface area (Å²) >= 11 is 0. The number of carbonyl (C=O) groups excluding carboxylic acids is 2. The van der Waals surface area contributed by atoms with E-state index >= 15 is 0 Å². The maximum atomic E-state index is 12.5. The van der Waals surface area contributed by atoms with Gasteiger partial charge in [-0.05, 0) is 38.2 Å².